The molecule has 19 heavy (non-hydrogen) atoms. The molecule has 0 spiro atoms. The lowest BCUT2D eigenvalue weighted by Crippen LogP contribution is -2.30. The molecule has 0 saturated heterocycles. The summed E-state index contributed by atoms with van der Waals surface area (Å²) in [4.78, 5) is 4.03. The van der Waals surface area contributed by atoms with E-state index in [2.05, 4.69) is 38.4 Å². The molecule has 1 unspecified atom stereocenters. The summed E-state index contributed by atoms with van der Waals surface area (Å²) in [6.45, 7) is 4.92. The molecule has 3 N–H and O–H groups in total. The fourth-order valence-electron chi connectivity index (χ4n) is 2.13. The van der Waals surface area contributed by atoms with Gasteiger partial charge in [-0.15, -0.1) is 0 Å². The number of hydrazine groups is 1. The molecule has 0 saturated carbocycles. The topological polar surface area (TPSA) is 68.8 Å². The molecule has 5 nitrogen and oxygen atoms in total. The number of aryl methyl sites for hydroxylation is 2. The van der Waals surface area contributed by atoms with Gasteiger partial charge in [0.2, 0.25) is 0 Å². The van der Waals surface area contributed by atoms with E-state index in [9.17, 15) is 0 Å². The summed E-state index contributed by atoms with van der Waals surface area (Å²) < 4.78 is 3.06. The van der Waals surface area contributed by atoms with Gasteiger partial charge in [-0.2, -0.15) is 5.10 Å². The molecule has 2 aromatic rings. The molecule has 102 valence electrons. The zero-order valence-electron chi connectivity index (χ0n) is 11.1. The summed E-state index contributed by atoms with van der Waals surface area (Å²) in [7, 11) is 0. The number of rotatable bonds is 5. The number of hydrogen-bond acceptors (Lipinski definition) is 4. The molecule has 0 bridgehead atoms. The largest absolute Gasteiger partial charge is 0.271 e. The highest BCUT2D eigenvalue weighted by molar-refractivity contribution is 9.10. The van der Waals surface area contributed by atoms with Gasteiger partial charge in [0.25, 0.3) is 0 Å². The van der Waals surface area contributed by atoms with Gasteiger partial charge in [-0.25, -0.2) is 0 Å². The maximum atomic E-state index is 5.69. The molecule has 2 heterocycles. The zero-order valence-corrected chi connectivity index (χ0v) is 12.7. The van der Waals surface area contributed by atoms with Gasteiger partial charge in [0.15, 0.2) is 0 Å². The van der Waals surface area contributed by atoms with Gasteiger partial charge in [-0.1, -0.05) is 0 Å². The van der Waals surface area contributed by atoms with Gasteiger partial charge in [-0.05, 0) is 47.5 Å². The Kier molecular flexibility index (Phi) is 4.68. The summed E-state index contributed by atoms with van der Waals surface area (Å²) in [6, 6.07) is 3.98. The van der Waals surface area contributed by atoms with Gasteiger partial charge >= 0.3 is 0 Å². The second-order valence-corrected chi connectivity index (χ2v) is 5.16. The lowest BCUT2D eigenvalue weighted by atomic mass is 10.0. The van der Waals surface area contributed by atoms with E-state index in [-0.39, 0.29) is 6.04 Å². The number of hydrogen-bond donors (Lipinski definition) is 2. The number of pyridine rings is 1. The monoisotopic (exact) mass is 323 g/mol. The predicted molar refractivity (Wildman–Crippen MR) is 78.3 cm³/mol. The van der Waals surface area contributed by atoms with Crippen LogP contribution >= 0.6 is 15.9 Å². The summed E-state index contributed by atoms with van der Waals surface area (Å²) in [5.41, 5.74) is 6.14. The van der Waals surface area contributed by atoms with Gasteiger partial charge in [-0.3, -0.25) is 20.9 Å². The van der Waals surface area contributed by atoms with Gasteiger partial charge < -0.3 is 0 Å². The predicted octanol–water partition coefficient (Wildman–Crippen LogP) is 2.12. The second kappa shape index (κ2) is 6.27. The highest BCUT2D eigenvalue weighted by Gasteiger charge is 2.18. The minimum Gasteiger partial charge on any atom is -0.271 e. The van der Waals surface area contributed by atoms with Crippen LogP contribution < -0.4 is 11.3 Å². The number of nitrogens with zero attached hydrogens (tertiary/aromatic N) is 3. The van der Waals surface area contributed by atoms with Crippen molar-refractivity contribution in [3.63, 3.8) is 0 Å². The van der Waals surface area contributed by atoms with Crippen molar-refractivity contribution >= 4 is 15.9 Å². The van der Waals surface area contributed by atoms with Crippen LogP contribution in [0.5, 0.6) is 0 Å². The quantitative estimate of drug-likeness (QED) is 0.653. The minimum absolute atomic E-state index is 0.0423. The molecule has 0 aliphatic rings. The van der Waals surface area contributed by atoms with E-state index in [1.54, 1.807) is 12.4 Å². The first-order valence-electron chi connectivity index (χ1n) is 6.25. The summed E-state index contributed by atoms with van der Waals surface area (Å²) in [5.74, 6) is 5.69. The van der Waals surface area contributed by atoms with E-state index < -0.39 is 0 Å². The molecule has 0 amide bonds. The maximum absolute atomic E-state index is 5.69. The Morgan fingerprint density at radius 2 is 2.11 bits per heavy atom. The van der Waals surface area contributed by atoms with Crippen LogP contribution in [0.3, 0.4) is 0 Å². The first-order chi connectivity index (χ1) is 9.17. The van der Waals surface area contributed by atoms with E-state index in [1.165, 1.54) is 0 Å². The van der Waals surface area contributed by atoms with Crippen LogP contribution in [0.25, 0.3) is 0 Å². The van der Waals surface area contributed by atoms with Crippen LogP contribution in [0.15, 0.2) is 29.0 Å². The van der Waals surface area contributed by atoms with Crippen molar-refractivity contribution in [1.82, 2.24) is 20.2 Å². The first-order valence-corrected chi connectivity index (χ1v) is 7.04. The number of halogens is 1. The zero-order chi connectivity index (χ0) is 13.8. The average molecular weight is 324 g/mol. The van der Waals surface area contributed by atoms with Gasteiger partial charge in [0.1, 0.15) is 0 Å². The summed E-state index contributed by atoms with van der Waals surface area (Å²) >= 11 is 3.61. The molecule has 0 aliphatic carbocycles. The Morgan fingerprint density at radius 1 is 1.42 bits per heavy atom. The van der Waals surface area contributed by atoms with Crippen LogP contribution in [0.1, 0.15) is 29.9 Å². The van der Waals surface area contributed by atoms with E-state index in [1.807, 2.05) is 23.7 Å². The highest BCUT2D eigenvalue weighted by atomic mass is 79.9. The van der Waals surface area contributed by atoms with Crippen molar-refractivity contribution in [1.29, 1.82) is 0 Å². The third-order valence-corrected chi connectivity index (χ3v) is 4.19. The molecule has 2 aromatic heterocycles. The Hall–Kier alpha value is -1.24. The molecule has 1 atom stereocenters. The molecule has 0 aliphatic heterocycles. The van der Waals surface area contributed by atoms with E-state index in [0.29, 0.717) is 0 Å². The standard InChI is InChI=1S/C13H18BrN5/c1-3-19-12(13(14)9(2)18-19)8-11(17-15)10-4-6-16-7-5-10/h4-7,11,17H,3,8,15H2,1-2H3. The lowest BCUT2D eigenvalue weighted by molar-refractivity contribution is 0.515. The third kappa shape index (κ3) is 3.02. The Balaban J connectivity index is 2.29. The molecule has 0 fully saturated rings. The fourth-order valence-corrected chi connectivity index (χ4v) is 2.57. The molecule has 2 rings (SSSR count). The number of aromatic nitrogens is 3. The molecular weight excluding hydrogens is 306 g/mol. The summed E-state index contributed by atoms with van der Waals surface area (Å²) in [6.07, 6.45) is 4.32. The van der Waals surface area contributed by atoms with E-state index in [0.717, 1.165) is 34.4 Å². The smallest absolute Gasteiger partial charge is 0.0738 e. The van der Waals surface area contributed by atoms with Crippen LogP contribution in [-0.4, -0.2) is 14.8 Å². The minimum atomic E-state index is 0.0423. The Morgan fingerprint density at radius 3 is 2.68 bits per heavy atom. The van der Waals surface area contributed by atoms with Gasteiger partial charge in [0.05, 0.1) is 21.9 Å². The van der Waals surface area contributed by atoms with E-state index >= 15 is 0 Å². The third-order valence-electron chi connectivity index (χ3n) is 3.16. The van der Waals surface area contributed by atoms with E-state index in [4.69, 9.17) is 5.84 Å². The Labute approximate surface area is 121 Å². The number of nitrogens with two attached hydrogens (primary N) is 1. The molecule has 6 heteroatoms. The molecule has 0 radical (unpaired) electrons. The summed E-state index contributed by atoms with van der Waals surface area (Å²) in [5, 5.41) is 4.50. The van der Waals surface area contributed by atoms with Crippen molar-refractivity contribution in [2.45, 2.75) is 32.9 Å². The molecule has 0 aromatic carbocycles. The van der Waals surface area contributed by atoms with Crippen molar-refractivity contribution in [2.24, 2.45) is 5.84 Å². The van der Waals surface area contributed by atoms with Crippen LogP contribution in [-0.2, 0) is 13.0 Å². The lowest BCUT2D eigenvalue weighted by Gasteiger charge is -2.17. The highest BCUT2D eigenvalue weighted by Crippen LogP contribution is 2.26. The van der Waals surface area contributed by atoms with Gasteiger partial charge in [0, 0.05) is 25.4 Å². The van der Waals surface area contributed by atoms with Crippen molar-refractivity contribution in [2.75, 3.05) is 0 Å². The van der Waals surface area contributed by atoms with Crippen molar-refractivity contribution in [3.8, 4) is 0 Å². The second-order valence-electron chi connectivity index (χ2n) is 4.37. The first kappa shape index (κ1) is 14.2. The Bertz CT molecular complexity index is 537. The van der Waals surface area contributed by atoms with Crippen molar-refractivity contribution in [3.05, 3.63) is 46.0 Å². The molecular formula is C13H18BrN5. The fraction of sp³-hybridized carbons (Fsp3) is 0.385. The van der Waals surface area contributed by atoms with Crippen LogP contribution in [0, 0.1) is 6.92 Å². The maximum Gasteiger partial charge on any atom is 0.0738 e. The normalized spacial score (nSPS) is 12.6. The van der Waals surface area contributed by atoms with Crippen LogP contribution in [0.2, 0.25) is 0 Å². The van der Waals surface area contributed by atoms with Crippen LogP contribution in [0.4, 0.5) is 0 Å². The van der Waals surface area contributed by atoms with Crippen molar-refractivity contribution < 1.29 is 0 Å². The average Bonchev–Trinajstić information content (AvgIpc) is 2.72. The SMILES string of the molecule is CCn1nc(C)c(Br)c1CC(NN)c1ccncc1. The number of nitrogens with one attached hydrogen (secondary N) is 1.